The molecule has 0 aliphatic heterocycles. The van der Waals surface area contributed by atoms with E-state index < -0.39 is 5.91 Å². The van der Waals surface area contributed by atoms with Gasteiger partial charge in [-0.15, -0.1) is 0 Å². The van der Waals surface area contributed by atoms with E-state index in [-0.39, 0.29) is 11.5 Å². The Kier molecular flexibility index (Phi) is 5.43. The van der Waals surface area contributed by atoms with Crippen molar-refractivity contribution in [2.24, 2.45) is 0 Å². The molecule has 0 unspecified atom stereocenters. The average molecular weight is 371 g/mol. The summed E-state index contributed by atoms with van der Waals surface area (Å²) in [5, 5.41) is 6.44. The van der Waals surface area contributed by atoms with Gasteiger partial charge in [-0.05, 0) is 55.0 Å². The number of anilines is 2. The molecule has 0 fully saturated rings. The van der Waals surface area contributed by atoms with Crippen LogP contribution in [0.15, 0.2) is 54.6 Å². The van der Waals surface area contributed by atoms with Gasteiger partial charge in [0.25, 0.3) is 5.91 Å². The van der Waals surface area contributed by atoms with Crippen molar-refractivity contribution < 1.29 is 9.18 Å². The highest BCUT2D eigenvalue weighted by Crippen LogP contribution is 2.13. The third-order valence-electron chi connectivity index (χ3n) is 3.55. The smallest absolute Gasteiger partial charge is 0.274 e. The number of halogens is 2. The molecule has 2 aromatic carbocycles. The van der Waals surface area contributed by atoms with Crippen LogP contribution < -0.4 is 10.6 Å². The molecule has 0 aliphatic carbocycles. The minimum absolute atomic E-state index is 0.223. The van der Waals surface area contributed by atoms with Crippen LogP contribution in [0.25, 0.3) is 0 Å². The third-order valence-corrected chi connectivity index (χ3v) is 3.80. The molecule has 0 spiro atoms. The zero-order valence-electron chi connectivity index (χ0n) is 14.0. The molecule has 0 aliphatic rings. The summed E-state index contributed by atoms with van der Waals surface area (Å²) in [7, 11) is 0. The van der Waals surface area contributed by atoms with Crippen LogP contribution in [-0.2, 0) is 6.54 Å². The van der Waals surface area contributed by atoms with Crippen molar-refractivity contribution in [1.82, 2.24) is 9.97 Å². The lowest BCUT2D eigenvalue weighted by atomic mass is 10.2. The first-order valence-corrected chi connectivity index (χ1v) is 8.28. The van der Waals surface area contributed by atoms with Crippen LogP contribution in [0.5, 0.6) is 0 Å². The van der Waals surface area contributed by atoms with Crippen LogP contribution in [-0.4, -0.2) is 15.9 Å². The van der Waals surface area contributed by atoms with Gasteiger partial charge < -0.3 is 10.6 Å². The number of benzene rings is 2. The molecule has 0 saturated carbocycles. The lowest BCUT2D eigenvalue weighted by Gasteiger charge is -2.09. The Hall–Kier alpha value is -2.99. The lowest BCUT2D eigenvalue weighted by molar-refractivity contribution is 0.102. The molecule has 2 N–H and O–H groups in total. The Balaban J connectivity index is 1.71. The predicted octanol–water partition coefficient (Wildman–Crippen LogP) is 4.44. The average Bonchev–Trinajstić information content (AvgIpc) is 2.63. The molecule has 7 heteroatoms. The molecular formula is C19H16ClFN4O. The largest absolute Gasteiger partial charge is 0.350 e. The summed E-state index contributed by atoms with van der Waals surface area (Å²) in [6, 6.07) is 14.5. The number of nitrogens with one attached hydrogen (secondary N) is 2. The molecular weight excluding hydrogens is 355 g/mol. The van der Waals surface area contributed by atoms with Crippen molar-refractivity contribution in [2.75, 3.05) is 10.6 Å². The van der Waals surface area contributed by atoms with Crippen molar-refractivity contribution >= 4 is 29.1 Å². The first-order valence-electron chi connectivity index (χ1n) is 7.90. The fraction of sp³-hybridized carbons (Fsp3) is 0.105. The van der Waals surface area contributed by atoms with Gasteiger partial charge in [-0.3, -0.25) is 4.79 Å². The van der Waals surface area contributed by atoms with Crippen molar-refractivity contribution in [3.8, 4) is 0 Å². The molecule has 1 aromatic heterocycles. The quantitative estimate of drug-likeness (QED) is 0.696. The summed E-state index contributed by atoms with van der Waals surface area (Å²) in [4.78, 5) is 20.9. The topological polar surface area (TPSA) is 66.9 Å². The normalized spacial score (nSPS) is 10.4. The van der Waals surface area contributed by atoms with Gasteiger partial charge in [-0.1, -0.05) is 23.7 Å². The van der Waals surface area contributed by atoms with Crippen molar-refractivity contribution in [2.45, 2.75) is 13.5 Å². The van der Waals surface area contributed by atoms with E-state index in [1.54, 1.807) is 25.1 Å². The summed E-state index contributed by atoms with van der Waals surface area (Å²) in [6.07, 6.45) is 0. The number of hydrogen-bond acceptors (Lipinski definition) is 4. The summed E-state index contributed by atoms with van der Waals surface area (Å²) in [5.74, 6) is -0.407. The number of carbonyl (C=O) groups excluding carboxylic acids is 1. The fourth-order valence-corrected chi connectivity index (χ4v) is 2.40. The van der Waals surface area contributed by atoms with Crippen molar-refractivity contribution in [1.29, 1.82) is 0 Å². The van der Waals surface area contributed by atoms with Gasteiger partial charge in [-0.25, -0.2) is 14.4 Å². The van der Waals surface area contributed by atoms with Crippen molar-refractivity contribution in [3.05, 3.63) is 82.4 Å². The maximum absolute atomic E-state index is 13.0. The Labute approximate surface area is 155 Å². The van der Waals surface area contributed by atoms with Gasteiger partial charge >= 0.3 is 0 Å². The van der Waals surface area contributed by atoms with E-state index in [0.717, 1.165) is 5.56 Å². The number of aryl methyl sites for hydroxylation is 1. The van der Waals surface area contributed by atoms with Crippen LogP contribution in [0.4, 0.5) is 16.0 Å². The Morgan fingerprint density at radius 3 is 2.46 bits per heavy atom. The van der Waals surface area contributed by atoms with Gasteiger partial charge in [0.2, 0.25) is 5.95 Å². The van der Waals surface area contributed by atoms with Gasteiger partial charge in [-0.2, -0.15) is 0 Å². The van der Waals surface area contributed by atoms with E-state index in [0.29, 0.717) is 28.9 Å². The second-order valence-electron chi connectivity index (χ2n) is 5.66. The first kappa shape index (κ1) is 17.8. The molecule has 5 nitrogen and oxygen atoms in total. The van der Waals surface area contributed by atoms with Crippen LogP contribution in [0, 0.1) is 12.7 Å². The second kappa shape index (κ2) is 7.93. The molecule has 0 atom stereocenters. The minimum atomic E-state index is -0.392. The molecule has 1 amide bonds. The maximum atomic E-state index is 13.0. The Morgan fingerprint density at radius 1 is 1.08 bits per heavy atom. The summed E-state index contributed by atoms with van der Waals surface area (Å²) < 4.78 is 13.0. The molecule has 3 rings (SSSR count). The van der Waals surface area contributed by atoms with Gasteiger partial charge in [0.15, 0.2) is 0 Å². The molecule has 26 heavy (non-hydrogen) atoms. The van der Waals surface area contributed by atoms with E-state index in [4.69, 9.17) is 11.6 Å². The zero-order chi connectivity index (χ0) is 18.5. The van der Waals surface area contributed by atoms with Gasteiger partial charge in [0.1, 0.15) is 11.5 Å². The summed E-state index contributed by atoms with van der Waals surface area (Å²) in [5.41, 5.74) is 2.38. The van der Waals surface area contributed by atoms with Crippen molar-refractivity contribution in [3.63, 3.8) is 0 Å². The number of hydrogen-bond donors (Lipinski definition) is 2. The summed E-state index contributed by atoms with van der Waals surface area (Å²) in [6.45, 7) is 2.28. The fourth-order valence-electron chi connectivity index (χ4n) is 2.28. The number of carbonyl (C=O) groups is 1. The highest BCUT2D eigenvalue weighted by molar-refractivity contribution is 6.30. The van der Waals surface area contributed by atoms with Crippen LogP contribution in [0.2, 0.25) is 5.02 Å². The van der Waals surface area contributed by atoms with E-state index in [2.05, 4.69) is 20.6 Å². The molecule has 132 valence electrons. The first-order chi connectivity index (χ1) is 12.5. The number of nitrogens with zero attached hydrogens (tertiary/aromatic N) is 2. The molecule has 0 saturated heterocycles. The standard InChI is InChI=1S/C19H16ClFN4O/c1-12-10-17(18(26)24-16-8-6-15(21)7-9-16)25-19(23-12)22-11-13-2-4-14(20)5-3-13/h2-10H,11H2,1H3,(H,24,26)(H,22,23,25). The SMILES string of the molecule is Cc1cc(C(=O)Nc2ccc(F)cc2)nc(NCc2ccc(Cl)cc2)n1. The number of amides is 1. The van der Waals surface area contributed by atoms with E-state index >= 15 is 0 Å². The van der Waals surface area contributed by atoms with Crippen LogP contribution >= 0.6 is 11.6 Å². The Morgan fingerprint density at radius 2 is 1.77 bits per heavy atom. The highest BCUT2D eigenvalue weighted by atomic mass is 35.5. The lowest BCUT2D eigenvalue weighted by Crippen LogP contribution is -2.16. The minimum Gasteiger partial charge on any atom is -0.350 e. The summed E-state index contributed by atoms with van der Waals surface area (Å²) >= 11 is 5.87. The molecule has 3 aromatic rings. The van der Waals surface area contributed by atoms with E-state index in [1.165, 1.54) is 24.3 Å². The zero-order valence-corrected chi connectivity index (χ0v) is 14.7. The van der Waals surface area contributed by atoms with E-state index in [9.17, 15) is 9.18 Å². The number of rotatable bonds is 5. The molecule has 0 bridgehead atoms. The highest BCUT2D eigenvalue weighted by Gasteiger charge is 2.11. The van der Waals surface area contributed by atoms with Gasteiger partial charge in [0, 0.05) is 22.9 Å². The van der Waals surface area contributed by atoms with Crippen LogP contribution in [0.3, 0.4) is 0 Å². The Bertz CT molecular complexity index is 914. The molecule has 0 radical (unpaired) electrons. The van der Waals surface area contributed by atoms with Gasteiger partial charge in [0.05, 0.1) is 0 Å². The monoisotopic (exact) mass is 370 g/mol. The maximum Gasteiger partial charge on any atom is 0.274 e. The number of aromatic nitrogens is 2. The molecule has 1 heterocycles. The van der Waals surface area contributed by atoms with Crippen LogP contribution in [0.1, 0.15) is 21.7 Å². The predicted molar refractivity (Wildman–Crippen MR) is 99.9 cm³/mol. The second-order valence-corrected chi connectivity index (χ2v) is 6.10. The third kappa shape index (κ3) is 4.77. The van der Waals surface area contributed by atoms with E-state index in [1.807, 2.05) is 12.1 Å².